The van der Waals surface area contributed by atoms with Crippen molar-refractivity contribution < 1.29 is 4.39 Å². The normalized spacial score (nSPS) is 10.7. The first-order valence-corrected chi connectivity index (χ1v) is 6.04. The Labute approximate surface area is 107 Å². The Morgan fingerprint density at radius 3 is 3.00 bits per heavy atom. The Morgan fingerprint density at radius 1 is 1.41 bits per heavy atom. The van der Waals surface area contributed by atoms with Gasteiger partial charge in [0.1, 0.15) is 18.0 Å². The number of benzene rings is 1. The third kappa shape index (κ3) is 3.61. The topological polar surface area (TPSA) is 53.6 Å². The van der Waals surface area contributed by atoms with Crippen molar-refractivity contribution >= 4 is 15.9 Å². The molecule has 2 aromatic rings. The van der Waals surface area contributed by atoms with E-state index in [0.717, 1.165) is 24.4 Å². The molecule has 0 amide bonds. The van der Waals surface area contributed by atoms with Crippen molar-refractivity contribution in [1.82, 2.24) is 20.5 Å². The van der Waals surface area contributed by atoms with Crippen molar-refractivity contribution in [3.63, 3.8) is 0 Å². The Hall–Kier alpha value is -1.27. The van der Waals surface area contributed by atoms with Gasteiger partial charge in [-0.2, -0.15) is 5.10 Å². The second kappa shape index (κ2) is 5.88. The van der Waals surface area contributed by atoms with Crippen LogP contribution >= 0.6 is 15.9 Å². The Bertz CT molecular complexity index is 472. The third-order valence-corrected chi connectivity index (χ3v) is 2.96. The molecule has 2 N–H and O–H groups in total. The zero-order valence-electron chi connectivity index (χ0n) is 9.08. The molecule has 0 aliphatic carbocycles. The molecule has 1 aromatic heterocycles. The maximum Gasteiger partial charge on any atom is 0.137 e. The predicted molar refractivity (Wildman–Crippen MR) is 65.9 cm³/mol. The molecule has 90 valence electrons. The molecule has 0 saturated carbocycles. The van der Waals surface area contributed by atoms with E-state index in [0.29, 0.717) is 11.0 Å². The van der Waals surface area contributed by atoms with Crippen LogP contribution in [-0.4, -0.2) is 21.7 Å². The van der Waals surface area contributed by atoms with Crippen LogP contribution in [0.1, 0.15) is 11.4 Å². The second-order valence-electron chi connectivity index (χ2n) is 3.61. The van der Waals surface area contributed by atoms with Crippen LogP contribution in [0.5, 0.6) is 0 Å². The summed E-state index contributed by atoms with van der Waals surface area (Å²) < 4.78 is 13.7. The van der Waals surface area contributed by atoms with Gasteiger partial charge in [0.05, 0.1) is 4.47 Å². The molecule has 4 nitrogen and oxygen atoms in total. The number of hydrogen-bond acceptors (Lipinski definition) is 3. The van der Waals surface area contributed by atoms with E-state index >= 15 is 0 Å². The summed E-state index contributed by atoms with van der Waals surface area (Å²) >= 11 is 3.12. The van der Waals surface area contributed by atoms with E-state index in [4.69, 9.17) is 0 Å². The molecule has 0 bridgehead atoms. The van der Waals surface area contributed by atoms with Crippen LogP contribution in [-0.2, 0) is 13.0 Å². The first-order valence-electron chi connectivity index (χ1n) is 5.24. The van der Waals surface area contributed by atoms with E-state index in [1.54, 1.807) is 6.07 Å². The molecule has 0 atom stereocenters. The Morgan fingerprint density at radius 2 is 2.29 bits per heavy atom. The molecule has 0 unspecified atom stereocenters. The molecule has 2 rings (SSSR count). The zero-order valence-corrected chi connectivity index (χ0v) is 10.7. The first kappa shape index (κ1) is 12.2. The summed E-state index contributed by atoms with van der Waals surface area (Å²) in [5.41, 5.74) is 0.920. The molecule has 6 heteroatoms. The summed E-state index contributed by atoms with van der Waals surface area (Å²) in [5, 5.41) is 9.76. The highest BCUT2D eigenvalue weighted by molar-refractivity contribution is 9.10. The van der Waals surface area contributed by atoms with E-state index in [-0.39, 0.29) is 5.82 Å². The average molecular weight is 299 g/mol. The molecular weight excluding hydrogens is 287 g/mol. The molecule has 17 heavy (non-hydrogen) atoms. The van der Waals surface area contributed by atoms with Crippen molar-refractivity contribution in [1.29, 1.82) is 0 Å². The number of rotatable bonds is 5. The van der Waals surface area contributed by atoms with Crippen molar-refractivity contribution in [3.05, 3.63) is 46.2 Å². The standard InChI is InChI=1S/C11H12BrFN4/c12-9-2-1-8(5-10(9)13)6-14-4-3-11-15-7-16-17-11/h1-2,5,7,14H,3-4,6H2,(H,15,16,17). The van der Waals surface area contributed by atoms with Gasteiger partial charge in [-0.3, -0.25) is 5.10 Å². The minimum atomic E-state index is -0.237. The second-order valence-corrected chi connectivity index (χ2v) is 4.46. The van der Waals surface area contributed by atoms with Crippen molar-refractivity contribution in [2.75, 3.05) is 6.54 Å². The summed E-state index contributed by atoms with van der Waals surface area (Å²) in [6, 6.07) is 5.11. The number of nitrogens with zero attached hydrogens (tertiary/aromatic N) is 2. The van der Waals surface area contributed by atoms with E-state index < -0.39 is 0 Å². The van der Waals surface area contributed by atoms with E-state index in [2.05, 4.69) is 36.4 Å². The number of nitrogens with one attached hydrogen (secondary N) is 2. The fourth-order valence-corrected chi connectivity index (χ4v) is 1.69. The van der Waals surface area contributed by atoms with Crippen molar-refractivity contribution in [2.24, 2.45) is 0 Å². The molecule has 0 radical (unpaired) electrons. The fourth-order valence-electron chi connectivity index (χ4n) is 1.44. The van der Waals surface area contributed by atoms with Gasteiger partial charge in [-0.1, -0.05) is 6.07 Å². The minimum Gasteiger partial charge on any atom is -0.312 e. The highest BCUT2D eigenvalue weighted by Gasteiger charge is 2.00. The van der Waals surface area contributed by atoms with Crippen LogP contribution in [0.2, 0.25) is 0 Å². The minimum absolute atomic E-state index is 0.237. The van der Waals surface area contributed by atoms with Gasteiger partial charge in [0, 0.05) is 19.5 Å². The lowest BCUT2D eigenvalue weighted by Crippen LogP contribution is -2.17. The average Bonchev–Trinajstić information content (AvgIpc) is 2.82. The van der Waals surface area contributed by atoms with Crippen LogP contribution < -0.4 is 5.32 Å². The molecule has 0 spiro atoms. The van der Waals surface area contributed by atoms with Crippen molar-refractivity contribution in [2.45, 2.75) is 13.0 Å². The van der Waals surface area contributed by atoms with Gasteiger partial charge in [0.2, 0.25) is 0 Å². The number of H-pyrrole nitrogens is 1. The van der Waals surface area contributed by atoms with E-state index in [9.17, 15) is 4.39 Å². The van der Waals surface area contributed by atoms with Gasteiger partial charge in [-0.25, -0.2) is 9.37 Å². The zero-order chi connectivity index (χ0) is 12.1. The number of halogens is 2. The number of hydrogen-bond donors (Lipinski definition) is 2. The number of aromatic amines is 1. The molecule has 0 aliphatic rings. The van der Waals surface area contributed by atoms with Crippen LogP contribution in [0.15, 0.2) is 29.0 Å². The van der Waals surface area contributed by atoms with Gasteiger partial charge in [-0.15, -0.1) is 0 Å². The van der Waals surface area contributed by atoms with E-state index in [1.165, 1.54) is 12.4 Å². The van der Waals surface area contributed by atoms with Crippen LogP contribution in [0.4, 0.5) is 4.39 Å². The lowest BCUT2D eigenvalue weighted by atomic mass is 10.2. The van der Waals surface area contributed by atoms with Crippen LogP contribution in [0.3, 0.4) is 0 Å². The monoisotopic (exact) mass is 298 g/mol. The quantitative estimate of drug-likeness (QED) is 0.831. The van der Waals surface area contributed by atoms with Gasteiger partial charge < -0.3 is 5.32 Å². The SMILES string of the molecule is Fc1cc(CNCCc2ncn[nH]2)ccc1Br. The number of aromatic nitrogens is 3. The Kier molecular flexibility index (Phi) is 4.22. The van der Waals surface area contributed by atoms with Gasteiger partial charge in [0.25, 0.3) is 0 Å². The summed E-state index contributed by atoms with van der Waals surface area (Å²) in [6.45, 7) is 1.41. The molecular formula is C11H12BrFN4. The summed E-state index contributed by atoms with van der Waals surface area (Å²) in [4.78, 5) is 4.01. The Balaban J connectivity index is 1.76. The van der Waals surface area contributed by atoms with E-state index in [1.807, 2.05) is 6.07 Å². The van der Waals surface area contributed by atoms with Gasteiger partial charge >= 0.3 is 0 Å². The highest BCUT2D eigenvalue weighted by Crippen LogP contribution is 2.16. The highest BCUT2D eigenvalue weighted by atomic mass is 79.9. The molecule has 1 heterocycles. The van der Waals surface area contributed by atoms with Gasteiger partial charge in [0.15, 0.2) is 0 Å². The molecule has 0 aliphatic heterocycles. The smallest absolute Gasteiger partial charge is 0.137 e. The molecule has 0 saturated heterocycles. The maximum absolute atomic E-state index is 13.2. The van der Waals surface area contributed by atoms with Crippen molar-refractivity contribution in [3.8, 4) is 0 Å². The van der Waals surface area contributed by atoms with Crippen LogP contribution in [0, 0.1) is 5.82 Å². The molecule has 1 aromatic carbocycles. The fraction of sp³-hybridized carbons (Fsp3) is 0.273. The molecule has 0 fully saturated rings. The summed E-state index contributed by atoms with van der Waals surface area (Å²) in [6.07, 6.45) is 2.26. The first-order chi connectivity index (χ1) is 8.25. The summed E-state index contributed by atoms with van der Waals surface area (Å²) in [5.74, 6) is 0.610. The maximum atomic E-state index is 13.2. The lowest BCUT2D eigenvalue weighted by molar-refractivity contribution is 0.613. The van der Waals surface area contributed by atoms with Crippen LogP contribution in [0.25, 0.3) is 0 Å². The lowest BCUT2D eigenvalue weighted by Gasteiger charge is -2.04. The predicted octanol–water partition coefficient (Wildman–Crippen LogP) is 2.04. The van der Waals surface area contributed by atoms with Gasteiger partial charge in [-0.05, 0) is 33.6 Å². The largest absolute Gasteiger partial charge is 0.312 e. The third-order valence-electron chi connectivity index (χ3n) is 2.32. The summed E-state index contributed by atoms with van der Waals surface area (Å²) in [7, 11) is 0.